The summed E-state index contributed by atoms with van der Waals surface area (Å²) in [5.41, 5.74) is 0. The van der Waals surface area contributed by atoms with Crippen LogP contribution in [0.2, 0.25) is 5.02 Å². The highest BCUT2D eigenvalue weighted by molar-refractivity contribution is 6.30. The summed E-state index contributed by atoms with van der Waals surface area (Å²) in [6.07, 6.45) is 2.06. The summed E-state index contributed by atoms with van der Waals surface area (Å²) in [5.74, 6) is 0.774. The van der Waals surface area contributed by atoms with Gasteiger partial charge in [0.15, 0.2) is 0 Å². The van der Waals surface area contributed by atoms with E-state index >= 15 is 0 Å². The third kappa shape index (κ3) is 5.67. The Kier molecular flexibility index (Phi) is 6.60. The predicted molar refractivity (Wildman–Crippen MR) is 79.4 cm³/mol. The monoisotopic (exact) mass is 299 g/mol. The van der Waals surface area contributed by atoms with Crippen LogP contribution in [0.4, 0.5) is 0 Å². The number of likely N-dealkylation sites (tertiary alicyclic amines) is 1. The molecule has 0 bridgehead atoms. The van der Waals surface area contributed by atoms with Crippen molar-refractivity contribution < 1.29 is 14.6 Å². The highest BCUT2D eigenvalue weighted by Crippen LogP contribution is 2.15. The number of benzene rings is 1. The molecular formula is C15H22ClNO3. The van der Waals surface area contributed by atoms with Gasteiger partial charge in [0.2, 0.25) is 0 Å². The molecule has 5 heteroatoms. The van der Waals surface area contributed by atoms with Gasteiger partial charge in [-0.2, -0.15) is 0 Å². The van der Waals surface area contributed by atoms with Gasteiger partial charge in [0, 0.05) is 11.6 Å². The Balaban J connectivity index is 1.51. The molecule has 1 aromatic rings. The molecule has 0 amide bonds. The minimum absolute atomic E-state index is 0.362. The molecular weight excluding hydrogens is 278 g/mol. The lowest BCUT2D eigenvalue weighted by Gasteiger charge is -2.19. The number of nitrogens with zero attached hydrogens (tertiary/aromatic N) is 1. The second-order valence-electron chi connectivity index (χ2n) is 5.04. The van der Waals surface area contributed by atoms with Gasteiger partial charge in [0.25, 0.3) is 0 Å². The zero-order valence-corrected chi connectivity index (χ0v) is 12.4. The molecule has 1 heterocycles. The first kappa shape index (κ1) is 15.6. The number of halogens is 1. The predicted octanol–water partition coefficient (Wildman–Crippen LogP) is 2.19. The number of aliphatic hydroxyl groups excluding tert-OH is 1. The lowest BCUT2D eigenvalue weighted by molar-refractivity contribution is 0.0111. The Morgan fingerprint density at radius 3 is 2.55 bits per heavy atom. The molecule has 1 aromatic carbocycles. The number of β-amino-alcohol motifs (C(OH)–C–C–N with tert-alkyl or cyclic N) is 1. The second kappa shape index (κ2) is 8.47. The molecule has 0 aliphatic carbocycles. The average molecular weight is 300 g/mol. The number of aliphatic hydroxyl groups is 1. The van der Waals surface area contributed by atoms with E-state index in [-0.39, 0.29) is 0 Å². The van der Waals surface area contributed by atoms with E-state index in [1.165, 1.54) is 12.8 Å². The van der Waals surface area contributed by atoms with Crippen LogP contribution >= 0.6 is 11.6 Å². The van der Waals surface area contributed by atoms with E-state index in [9.17, 15) is 5.11 Å². The summed E-state index contributed by atoms with van der Waals surface area (Å²) in [7, 11) is 0. The largest absolute Gasteiger partial charge is 0.491 e. The van der Waals surface area contributed by atoms with Crippen molar-refractivity contribution in [2.24, 2.45) is 0 Å². The molecule has 0 saturated carbocycles. The Morgan fingerprint density at radius 1 is 1.15 bits per heavy atom. The summed E-state index contributed by atoms with van der Waals surface area (Å²) in [5, 5.41) is 10.5. The highest BCUT2D eigenvalue weighted by atomic mass is 35.5. The van der Waals surface area contributed by atoms with Crippen molar-refractivity contribution in [1.29, 1.82) is 0 Å². The van der Waals surface area contributed by atoms with Crippen LogP contribution in [0.5, 0.6) is 5.75 Å². The topological polar surface area (TPSA) is 41.9 Å². The minimum Gasteiger partial charge on any atom is -0.491 e. The molecule has 2 rings (SSSR count). The number of hydrogen-bond donors (Lipinski definition) is 1. The van der Waals surface area contributed by atoms with E-state index in [1.54, 1.807) is 12.1 Å². The Bertz CT molecular complexity index is 379. The molecule has 1 aliphatic heterocycles. The van der Waals surface area contributed by atoms with Gasteiger partial charge < -0.3 is 19.5 Å². The molecule has 20 heavy (non-hydrogen) atoms. The molecule has 1 atom stereocenters. The van der Waals surface area contributed by atoms with Crippen molar-refractivity contribution in [2.45, 2.75) is 18.9 Å². The first-order chi connectivity index (χ1) is 9.74. The van der Waals surface area contributed by atoms with E-state index in [4.69, 9.17) is 21.1 Å². The van der Waals surface area contributed by atoms with Crippen LogP contribution in [0, 0.1) is 0 Å². The van der Waals surface area contributed by atoms with Crippen LogP contribution < -0.4 is 4.74 Å². The Hall–Kier alpha value is -0.810. The quantitative estimate of drug-likeness (QED) is 0.747. The maximum atomic E-state index is 9.83. The van der Waals surface area contributed by atoms with Crippen molar-refractivity contribution in [1.82, 2.24) is 4.90 Å². The standard InChI is InChI=1S/C15H22ClNO3/c16-13-3-5-15(6-4-13)20-10-9-19-12-14(18)11-17-7-1-2-8-17/h3-6,14,18H,1-2,7-12H2. The van der Waals surface area contributed by atoms with Crippen LogP contribution in [-0.4, -0.2) is 55.6 Å². The van der Waals surface area contributed by atoms with E-state index in [0.29, 0.717) is 31.4 Å². The lowest BCUT2D eigenvalue weighted by Crippen LogP contribution is -2.33. The first-order valence-corrected chi connectivity index (χ1v) is 7.48. The van der Waals surface area contributed by atoms with Crippen molar-refractivity contribution >= 4 is 11.6 Å². The zero-order valence-electron chi connectivity index (χ0n) is 11.6. The third-order valence-corrected chi connectivity index (χ3v) is 3.54. The lowest BCUT2D eigenvalue weighted by atomic mass is 10.3. The fourth-order valence-corrected chi connectivity index (χ4v) is 2.41. The van der Waals surface area contributed by atoms with Gasteiger partial charge in [-0.3, -0.25) is 0 Å². The van der Waals surface area contributed by atoms with Crippen molar-refractivity contribution in [3.05, 3.63) is 29.3 Å². The molecule has 112 valence electrons. The van der Waals surface area contributed by atoms with Gasteiger partial charge in [-0.25, -0.2) is 0 Å². The van der Waals surface area contributed by atoms with Crippen LogP contribution in [0.25, 0.3) is 0 Å². The smallest absolute Gasteiger partial charge is 0.119 e. The molecule has 1 saturated heterocycles. The average Bonchev–Trinajstić information content (AvgIpc) is 2.93. The first-order valence-electron chi connectivity index (χ1n) is 7.10. The maximum absolute atomic E-state index is 9.83. The van der Waals surface area contributed by atoms with Gasteiger partial charge in [0.05, 0.1) is 19.3 Å². The summed E-state index contributed by atoms with van der Waals surface area (Å²) in [6, 6.07) is 7.23. The van der Waals surface area contributed by atoms with E-state index < -0.39 is 6.10 Å². The Labute approximate surface area is 125 Å². The SMILES string of the molecule is OC(COCCOc1ccc(Cl)cc1)CN1CCCC1. The van der Waals surface area contributed by atoms with Gasteiger partial charge in [-0.15, -0.1) is 0 Å². The van der Waals surface area contributed by atoms with Crippen LogP contribution in [0.15, 0.2) is 24.3 Å². The summed E-state index contributed by atoms with van der Waals surface area (Å²) >= 11 is 5.79. The van der Waals surface area contributed by atoms with E-state index in [2.05, 4.69) is 4.90 Å². The van der Waals surface area contributed by atoms with Crippen molar-refractivity contribution in [3.8, 4) is 5.75 Å². The van der Waals surface area contributed by atoms with Gasteiger partial charge in [0.1, 0.15) is 12.4 Å². The Morgan fingerprint density at radius 2 is 1.85 bits per heavy atom. The van der Waals surface area contributed by atoms with Crippen LogP contribution in [0.3, 0.4) is 0 Å². The van der Waals surface area contributed by atoms with Crippen LogP contribution in [-0.2, 0) is 4.74 Å². The van der Waals surface area contributed by atoms with Crippen molar-refractivity contribution in [2.75, 3.05) is 39.5 Å². The molecule has 1 unspecified atom stereocenters. The molecule has 0 aromatic heterocycles. The fourth-order valence-electron chi connectivity index (χ4n) is 2.28. The zero-order chi connectivity index (χ0) is 14.2. The minimum atomic E-state index is -0.413. The summed E-state index contributed by atoms with van der Waals surface area (Å²) in [6.45, 7) is 4.20. The third-order valence-electron chi connectivity index (χ3n) is 3.29. The van der Waals surface area contributed by atoms with Gasteiger partial charge in [-0.1, -0.05) is 11.6 Å². The molecule has 0 radical (unpaired) electrons. The van der Waals surface area contributed by atoms with Gasteiger partial charge in [-0.05, 0) is 50.2 Å². The van der Waals surface area contributed by atoms with E-state index in [1.807, 2.05) is 12.1 Å². The molecule has 0 spiro atoms. The van der Waals surface area contributed by atoms with Crippen LogP contribution in [0.1, 0.15) is 12.8 Å². The van der Waals surface area contributed by atoms with E-state index in [0.717, 1.165) is 18.8 Å². The number of hydrogen-bond acceptors (Lipinski definition) is 4. The molecule has 1 N–H and O–H groups in total. The fraction of sp³-hybridized carbons (Fsp3) is 0.600. The highest BCUT2D eigenvalue weighted by Gasteiger charge is 2.15. The van der Waals surface area contributed by atoms with Gasteiger partial charge >= 0.3 is 0 Å². The molecule has 1 fully saturated rings. The second-order valence-corrected chi connectivity index (χ2v) is 5.48. The van der Waals surface area contributed by atoms with Crippen molar-refractivity contribution in [3.63, 3.8) is 0 Å². The molecule has 4 nitrogen and oxygen atoms in total. The number of rotatable bonds is 8. The number of ether oxygens (including phenoxy) is 2. The molecule has 1 aliphatic rings. The maximum Gasteiger partial charge on any atom is 0.119 e. The summed E-state index contributed by atoms with van der Waals surface area (Å²) < 4.78 is 10.9. The summed E-state index contributed by atoms with van der Waals surface area (Å²) in [4.78, 5) is 2.28. The normalized spacial score (nSPS) is 17.3.